The van der Waals surface area contributed by atoms with E-state index in [9.17, 15) is 0 Å². The van der Waals surface area contributed by atoms with Crippen molar-refractivity contribution in [2.24, 2.45) is 0 Å². The minimum absolute atomic E-state index is 0.526. The monoisotopic (exact) mass is 326 g/mol. The predicted molar refractivity (Wildman–Crippen MR) is 102 cm³/mol. The summed E-state index contributed by atoms with van der Waals surface area (Å²) in [4.78, 5) is 4.88. The zero-order valence-electron chi connectivity index (χ0n) is 13.8. The van der Waals surface area contributed by atoms with E-state index in [2.05, 4.69) is 59.2 Å². The van der Waals surface area contributed by atoms with Gasteiger partial charge in [-0.2, -0.15) is 5.10 Å². The molecule has 0 radical (unpaired) electrons. The molecule has 2 aromatic carbocycles. The van der Waals surface area contributed by atoms with Crippen molar-refractivity contribution in [3.05, 3.63) is 65.7 Å². The number of pyridine rings is 1. The summed E-state index contributed by atoms with van der Waals surface area (Å²) in [7, 11) is 0. The van der Waals surface area contributed by atoms with Gasteiger partial charge >= 0.3 is 0 Å². The van der Waals surface area contributed by atoms with Crippen LogP contribution in [0.1, 0.15) is 17.5 Å². The Labute approximate surface area is 145 Å². The average molecular weight is 326 g/mol. The largest absolute Gasteiger partial charge is 0.382 e. The molecule has 0 spiro atoms. The van der Waals surface area contributed by atoms with Crippen LogP contribution in [0.3, 0.4) is 0 Å². The lowest BCUT2D eigenvalue weighted by Crippen LogP contribution is -2.09. The van der Waals surface area contributed by atoms with E-state index in [1.165, 1.54) is 27.5 Å². The van der Waals surface area contributed by atoms with E-state index in [1.54, 1.807) is 0 Å². The zero-order chi connectivity index (χ0) is 17.0. The number of allylic oxidation sites excluding steroid dienone is 1. The molecule has 0 bridgehead atoms. The molecule has 122 valence electrons. The Bertz CT molecular complexity index is 1150. The van der Waals surface area contributed by atoms with E-state index < -0.39 is 0 Å². The fourth-order valence-corrected chi connectivity index (χ4v) is 3.88. The Morgan fingerprint density at radius 3 is 2.72 bits per heavy atom. The highest BCUT2D eigenvalue weighted by atomic mass is 15.2. The third-order valence-electron chi connectivity index (χ3n) is 5.13. The quantitative estimate of drug-likeness (QED) is 0.509. The third-order valence-corrected chi connectivity index (χ3v) is 5.13. The van der Waals surface area contributed by atoms with E-state index in [0.29, 0.717) is 5.82 Å². The smallest absolute Gasteiger partial charge is 0.158 e. The summed E-state index contributed by atoms with van der Waals surface area (Å²) in [6, 6.07) is 14.9. The first kappa shape index (κ1) is 14.2. The van der Waals surface area contributed by atoms with Crippen LogP contribution in [0, 0.1) is 0 Å². The van der Waals surface area contributed by atoms with Crippen molar-refractivity contribution >= 4 is 27.6 Å². The van der Waals surface area contributed by atoms with Gasteiger partial charge in [0, 0.05) is 5.56 Å². The molecule has 0 fully saturated rings. The first-order valence-electron chi connectivity index (χ1n) is 8.52. The number of nitrogen functional groups attached to an aromatic ring is 1. The molecule has 4 nitrogen and oxygen atoms in total. The summed E-state index contributed by atoms with van der Waals surface area (Å²) < 4.78 is 0. The lowest BCUT2D eigenvalue weighted by atomic mass is 9.84. The molecule has 0 amide bonds. The second kappa shape index (κ2) is 5.18. The van der Waals surface area contributed by atoms with E-state index >= 15 is 0 Å². The predicted octanol–water partition coefficient (Wildman–Crippen LogP) is 4.41. The van der Waals surface area contributed by atoms with Crippen molar-refractivity contribution in [3.8, 4) is 11.3 Å². The van der Waals surface area contributed by atoms with Gasteiger partial charge in [-0.3, -0.25) is 5.10 Å². The van der Waals surface area contributed by atoms with E-state index in [1.807, 2.05) is 0 Å². The van der Waals surface area contributed by atoms with Crippen molar-refractivity contribution in [1.82, 2.24) is 15.2 Å². The SMILES string of the molecule is C=C1CCc2c(-c3ccc4ccccc4c3)nc3[nH]nc(N)c3c2C1. The van der Waals surface area contributed by atoms with Crippen LogP contribution in [0.25, 0.3) is 33.1 Å². The summed E-state index contributed by atoms with van der Waals surface area (Å²) in [5, 5.41) is 10.6. The minimum atomic E-state index is 0.526. The minimum Gasteiger partial charge on any atom is -0.382 e. The molecular formula is C21H18N4. The molecule has 2 heterocycles. The number of hydrogen-bond acceptors (Lipinski definition) is 3. The third kappa shape index (κ3) is 2.14. The first-order valence-corrected chi connectivity index (χ1v) is 8.52. The van der Waals surface area contributed by atoms with Gasteiger partial charge in [-0.25, -0.2) is 4.98 Å². The van der Waals surface area contributed by atoms with Crippen LogP contribution < -0.4 is 5.73 Å². The molecule has 1 aliphatic rings. The number of nitrogens with one attached hydrogen (secondary N) is 1. The van der Waals surface area contributed by atoms with Crippen LogP contribution >= 0.6 is 0 Å². The van der Waals surface area contributed by atoms with Crippen LogP contribution in [-0.4, -0.2) is 15.2 Å². The molecular weight excluding hydrogens is 308 g/mol. The number of H-pyrrole nitrogens is 1. The maximum Gasteiger partial charge on any atom is 0.158 e. The number of anilines is 1. The van der Waals surface area contributed by atoms with Gasteiger partial charge in [0.05, 0.1) is 11.1 Å². The lowest BCUT2D eigenvalue weighted by Gasteiger charge is -2.21. The van der Waals surface area contributed by atoms with Gasteiger partial charge in [-0.1, -0.05) is 48.6 Å². The second-order valence-corrected chi connectivity index (χ2v) is 6.74. The van der Waals surface area contributed by atoms with Gasteiger partial charge in [0.15, 0.2) is 11.5 Å². The fourth-order valence-electron chi connectivity index (χ4n) is 3.88. The molecule has 0 saturated carbocycles. The van der Waals surface area contributed by atoms with E-state index in [4.69, 9.17) is 10.7 Å². The highest BCUT2D eigenvalue weighted by Gasteiger charge is 2.23. The maximum absolute atomic E-state index is 6.10. The van der Waals surface area contributed by atoms with Crippen molar-refractivity contribution in [1.29, 1.82) is 0 Å². The van der Waals surface area contributed by atoms with Crippen LogP contribution in [-0.2, 0) is 12.8 Å². The first-order chi connectivity index (χ1) is 12.2. The number of nitrogens with two attached hydrogens (primary N) is 1. The number of nitrogens with zero attached hydrogens (tertiary/aromatic N) is 2. The number of fused-ring (bicyclic) bond motifs is 4. The summed E-state index contributed by atoms with van der Waals surface area (Å²) >= 11 is 0. The molecule has 0 aliphatic heterocycles. The molecule has 2 aromatic heterocycles. The summed E-state index contributed by atoms with van der Waals surface area (Å²) in [6.07, 6.45) is 2.79. The average Bonchev–Trinajstić information content (AvgIpc) is 3.01. The van der Waals surface area contributed by atoms with Gasteiger partial charge in [-0.05, 0) is 47.2 Å². The van der Waals surface area contributed by atoms with Crippen LogP contribution in [0.4, 0.5) is 5.82 Å². The standard InChI is InChI=1S/C21H18N4/c1-12-6-9-16-17(10-12)18-20(22)24-25-21(18)23-19(16)15-8-7-13-4-2-3-5-14(13)11-15/h2-5,7-8,11H,1,6,9-10H2,(H3,22,23,24,25). The Balaban J connectivity index is 1.82. The summed E-state index contributed by atoms with van der Waals surface area (Å²) in [5.41, 5.74) is 12.8. The Morgan fingerprint density at radius 1 is 1.00 bits per heavy atom. The topological polar surface area (TPSA) is 67.6 Å². The molecule has 25 heavy (non-hydrogen) atoms. The maximum atomic E-state index is 6.10. The van der Waals surface area contributed by atoms with Crippen molar-refractivity contribution in [3.63, 3.8) is 0 Å². The van der Waals surface area contributed by atoms with Crippen LogP contribution in [0.2, 0.25) is 0 Å². The molecule has 3 N–H and O–H groups in total. The van der Waals surface area contributed by atoms with Crippen LogP contribution in [0.5, 0.6) is 0 Å². The summed E-state index contributed by atoms with van der Waals surface area (Å²) in [6.45, 7) is 4.19. The molecule has 4 heteroatoms. The normalized spacial score (nSPS) is 14.2. The lowest BCUT2D eigenvalue weighted by molar-refractivity contribution is 0.844. The summed E-state index contributed by atoms with van der Waals surface area (Å²) in [5.74, 6) is 0.526. The zero-order valence-corrected chi connectivity index (χ0v) is 13.8. The molecule has 4 aromatic rings. The number of hydrogen-bond donors (Lipinski definition) is 2. The molecule has 0 atom stereocenters. The van der Waals surface area contributed by atoms with Gasteiger partial charge in [-0.15, -0.1) is 0 Å². The molecule has 0 unspecified atom stereocenters. The highest BCUT2D eigenvalue weighted by Crippen LogP contribution is 2.38. The molecule has 5 rings (SSSR count). The number of rotatable bonds is 1. The molecule has 1 aliphatic carbocycles. The van der Waals surface area contributed by atoms with Crippen molar-refractivity contribution in [2.45, 2.75) is 19.3 Å². The Hall–Kier alpha value is -3.14. The highest BCUT2D eigenvalue weighted by molar-refractivity contribution is 5.94. The van der Waals surface area contributed by atoms with Crippen molar-refractivity contribution < 1.29 is 0 Å². The fraction of sp³-hybridized carbons (Fsp3) is 0.143. The Morgan fingerprint density at radius 2 is 1.84 bits per heavy atom. The van der Waals surface area contributed by atoms with E-state index in [-0.39, 0.29) is 0 Å². The van der Waals surface area contributed by atoms with Crippen LogP contribution in [0.15, 0.2) is 54.6 Å². The van der Waals surface area contributed by atoms with Gasteiger partial charge < -0.3 is 5.73 Å². The van der Waals surface area contributed by atoms with E-state index in [0.717, 1.165) is 41.6 Å². The Kier molecular flexibility index (Phi) is 2.95. The number of aromatic nitrogens is 3. The van der Waals surface area contributed by atoms with Crippen molar-refractivity contribution in [2.75, 3.05) is 5.73 Å². The van der Waals surface area contributed by atoms with Gasteiger partial charge in [0.1, 0.15) is 0 Å². The van der Waals surface area contributed by atoms with Gasteiger partial charge in [0.25, 0.3) is 0 Å². The second-order valence-electron chi connectivity index (χ2n) is 6.74. The van der Waals surface area contributed by atoms with Gasteiger partial charge in [0.2, 0.25) is 0 Å². The number of benzene rings is 2. The number of aromatic amines is 1. The molecule has 0 saturated heterocycles.